The molecule has 0 aliphatic carbocycles. The minimum atomic E-state index is -0.567. The van der Waals surface area contributed by atoms with Gasteiger partial charge in [-0.2, -0.15) is 0 Å². The van der Waals surface area contributed by atoms with Gasteiger partial charge in [0.1, 0.15) is 0 Å². The Hall–Kier alpha value is -0.940. The van der Waals surface area contributed by atoms with Crippen LogP contribution in [0.3, 0.4) is 0 Å². The van der Waals surface area contributed by atoms with Crippen LogP contribution in [0.2, 0.25) is 0 Å². The molecule has 0 atom stereocenters. The zero-order valence-electron chi connectivity index (χ0n) is 8.75. The fourth-order valence-electron chi connectivity index (χ4n) is 0.861. The van der Waals surface area contributed by atoms with E-state index in [1.165, 1.54) is 0 Å². The zero-order chi connectivity index (χ0) is 11.5. The lowest BCUT2D eigenvalue weighted by Gasteiger charge is -2.21. The van der Waals surface area contributed by atoms with E-state index in [0.29, 0.717) is 12.2 Å². The average Bonchev–Trinajstić information content (AvgIpc) is 2.21. The summed E-state index contributed by atoms with van der Waals surface area (Å²) in [5.74, 6) is -0.100. The number of nitrogens with one attached hydrogen (secondary N) is 1. The Balaban J connectivity index is 2.80. The maximum Gasteiger partial charge on any atom is 0.231 e. The van der Waals surface area contributed by atoms with Crippen LogP contribution in [0, 0.1) is 5.41 Å². The van der Waals surface area contributed by atoms with Crippen LogP contribution in [0.5, 0.6) is 0 Å². The summed E-state index contributed by atoms with van der Waals surface area (Å²) >= 11 is 3.30. The van der Waals surface area contributed by atoms with Gasteiger partial charge in [-0.05, 0) is 35.8 Å². The second kappa shape index (κ2) is 4.72. The number of halogens is 1. The highest BCUT2D eigenvalue weighted by Gasteiger charge is 2.26. The highest BCUT2D eigenvalue weighted by Crippen LogP contribution is 2.23. The smallest absolute Gasteiger partial charge is 0.231 e. The zero-order valence-corrected chi connectivity index (χ0v) is 10.3. The molecular formula is C10H14BrN3O. The van der Waals surface area contributed by atoms with Crippen molar-refractivity contribution in [2.24, 2.45) is 11.1 Å². The van der Waals surface area contributed by atoms with Crippen LogP contribution in [0.15, 0.2) is 22.9 Å². The van der Waals surface area contributed by atoms with Gasteiger partial charge in [-0.3, -0.25) is 9.78 Å². The monoisotopic (exact) mass is 271 g/mol. The van der Waals surface area contributed by atoms with E-state index in [1.54, 1.807) is 32.3 Å². The predicted molar refractivity (Wildman–Crippen MR) is 63.4 cm³/mol. The highest BCUT2D eigenvalue weighted by atomic mass is 79.9. The van der Waals surface area contributed by atoms with E-state index in [-0.39, 0.29) is 5.91 Å². The summed E-state index contributed by atoms with van der Waals surface area (Å²) in [6, 6.07) is 1.73. The van der Waals surface area contributed by atoms with E-state index in [9.17, 15) is 4.79 Å². The van der Waals surface area contributed by atoms with Crippen molar-refractivity contribution in [2.75, 3.05) is 11.9 Å². The van der Waals surface area contributed by atoms with Gasteiger partial charge in [-0.1, -0.05) is 0 Å². The number of hydrogen-bond acceptors (Lipinski definition) is 3. The summed E-state index contributed by atoms with van der Waals surface area (Å²) in [7, 11) is 0. The second-order valence-electron chi connectivity index (χ2n) is 3.90. The van der Waals surface area contributed by atoms with Crippen LogP contribution in [-0.2, 0) is 4.79 Å². The van der Waals surface area contributed by atoms with Gasteiger partial charge < -0.3 is 11.1 Å². The van der Waals surface area contributed by atoms with Gasteiger partial charge in [0.25, 0.3) is 0 Å². The molecule has 0 aliphatic heterocycles. The summed E-state index contributed by atoms with van der Waals surface area (Å²) in [4.78, 5) is 15.7. The van der Waals surface area contributed by atoms with Crippen molar-refractivity contribution in [2.45, 2.75) is 13.8 Å². The molecule has 1 aromatic heterocycles. The maximum absolute atomic E-state index is 11.8. The van der Waals surface area contributed by atoms with Gasteiger partial charge in [0.15, 0.2) is 0 Å². The standard InChI is InChI=1S/C10H14BrN3O/c1-10(2,6-12)9(15)14-8-3-4-13-5-7(8)11/h3-5H,6,12H2,1-2H3,(H,13,14,15). The van der Waals surface area contributed by atoms with Crippen LogP contribution < -0.4 is 11.1 Å². The van der Waals surface area contributed by atoms with Crippen molar-refractivity contribution >= 4 is 27.5 Å². The molecule has 1 aromatic rings. The third kappa shape index (κ3) is 3.00. The van der Waals surface area contributed by atoms with E-state index in [0.717, 1.165) is 4.47 Å². The molecule has 0 fully saturated rings. The lowest BCUT2D eigenvalue weighted by Crippen LogP contribution is -2.37. The Morgan fingerprint density at radius 1 is 1.67 bits per heavy atom. The van der Waals surface area contributed by atoms with Crippen molar-refractivity contribution in [3.63, 3.8) is 0 Å². The topological polar surface area (TPSA) is 68.0 Å². The lowest BCUT2D eigenvalue weighted by molar-refractivity contribution is -0.123. The van der Waals surface area contributed by atoms with Crippen LogP contribution in [-0.4, -0.2) is 17.4 Å². The van der Waals surface area contributed by atoms with Crippen molar-refractivity contribution in [1.82, 2.24) is 4.98 Å². The van der Waals surface area contributed by atoms with Crippen molar-refractivity contribution < 1.29 is 4.79 Å². The molecule has 5 heteroatoms. The molecule has 1 amide bonds. The summed E-state index contributed by atoms with van der Waals surface area (Å²) in [6.45, 7) is 3.91. The summed E-state index contributed by atoms with van der Waals surface area (Å²) in [5.41, 5.74) is 5.65. The van der Waals surface area contributed by atoms with Crippen molar-refractivity contribution in [3.05, 3.63) is 22.9 Å². The fourth-order valence-corrected chi connectivity index (χ4v) is 1.21. The van der Waals surface area contributed by atoms with E-state index < -0.39 is 5.41 Å². The first-order valence-corrected chi connectivity index (χ1v) is 5.37. The summed E-state index contributed by atoms with van der Waals surface area (Å²) in [5, 5.41) is 2.80. The Labute approximate surface area is 97.4 Å². The van der Waals surface area contributed by atoms with Crippen molar-refractivity contribution in [3.8, 4) is 0 Å². The van der Waals surface area contributed by atoms with Crippen LogP contribution in [0.25, 0.3) is 0 Å². The minimum absolute atomic E-state index is 0.100. The molecule has 0 spiro atoms. The minimum Gasteiger partial charge on any atom is -0.329 e. The van der Waals surface area contributed by atoms with Crippen LogP contribution in [0.1, 0.15) is 13.8 Å². The normalized spacial score (nSPS) is 11.2. The van der Waals surface area contributed by atoms with Crippen LogP contribution in [0.4, 0.5) is 5.69 Å². The number of carbonyl (C=O) groups is 1. The van der Waals surface area contributed by atoms with Gasteiger partial charge in [-0.15, -0.1) is 0 Å². The number of amides is 1. The number of nitrogens with zero attached hydrogens (tertiary/aromatic N) is 1. The number of pyridine rings is 1. The maximum atomic E-state index is 11.8. The molecule has 3 N–H and O–H groups in total. The SMILES string of the molecule is CC(C)(CN)C(=O)Nc1ccncc1Br. The van der Waals surface area contributed by atoms with Crippen molar-refractivity contribution in [1.29, 1.82) is 0 Å². The first-order valence-electron chi connectivity index (χ1n) is 4.58. The van der Waals surface area contributed by atoms with E-state index in [4.69, 9.17) is 5.73 Å². The average molecular weight is 272 g/mol. The molecule has 0 bridgehead atoms. The summed E-state index contributed by atoms with van der Waals surface area (Å²) < 4.78 is 0.756. The molecule has 0 aromatic carbocycles. The van der Waals surface area contributed by atoms with Gasteiger partial charge in [0.2, 0.25) is 5.91 Å². The largest absolute Gasteiger partial charge is 0.329 e. The molecule has 1 heterocycles. The lowest BCUT2D eigenvalue weighted by atomic mass is 9.92. The number of rotatable bonds is 3. The molecule has 4 nitrogen and oxygen atoms in total. The fraction of sp³-hybridized carbons (Fsp3) is 0.400. The molecule has 0 saturated heterocycles. The first kappa shape index (κ1) is 12.1. The third-order valence-electron chi connectivity index (χ3n) is 2.15. The highest BCUT2D eigenvalue weighted by molar-refractivity contribution is 9.10. The molecule has 82 valence electrons. The number of anilines is 1. The molecule has 0 saturated carbocycles. The van der Waals surface area contributed by atoms with Gasteiger partial charge in [0.05, 0.1) is 15.6 Å². The molecule has 0 radical (unpaired) electrons. The Kier molecular flexibility index (Phi) is 3.82. The Bertz CT molecular complexity index is 365. The third-order valence-corrected chi connectivity index (χ3v) is 2.78. The second-order valence-corrected chi connectivity index (χ2v) is 4.75. The number of carbonyl (C=O) groups excluding carboxylic acids is 1. The molecule has 0 unspecified atom stereocenters. The van der Waals surface area contributed by atoms with Gasteiger partial charge in [0, 0.05) is 18.9 Å². The first-order chi connectivity index (χ1) is 6.97. The quantitative estimate of drug-likeness (QED) is 0.881. The number of hydrogen-bond donors (Lipinski definition) is 2. The molecule has 1 rings (SSSR count). The number of nitrogens with two attached hydrogens (primary N) is 1. The van der Waals surface area contributed by atoms with E-state index in [2.05, 4.69) is 26.2 Å². The van der Waals surface area contributed by atoms with Crippen LogP contribution >= 0.6 is 15.9 Å². The van der Waals surface area contributed by atoms with E-state index >= 15 is 0 Å². The Morgan fingerprint density at radius 2 is 2.33 bits per heavy atom. The number of aromatic nitrogens is 1. The Morgan fingerprint density at radius 3 is 2.87 bits per heavy atom. The predicted octanol–water partition coefficient (Wildman–Crippen LogP) is 1.77. The molecule has 0 aliphatic rings. The van der Waals surface area contributed by atoms with E-state index in [1.807, 2.05) is 0 Å². The molecular weight excluding hydrogens is 258 g/mol. The molecule has 15 heavy (non-hydrogen) atoms. The summed E-state index contributed by atoms with van der Waals surface area (Å²) in [6.07, 6.45) is 3.25. The van der Waals surface area contributed by atoms with Gasteiger partial charge >= 0.3 is 0 Å². The van der Waals surface area contributed by atoms with Gasteiger partial charge in [-0.25, -0.2) is 0 Å².